The van der Waals surface area contributed by atoms with Gasteiger partial charge in [0, 0.05) is 41.6 Å². The van der Waals surface area contributed by atoms with Crippen molar-refractivity contribution in [1.82, 2.24) is 9.97 Å². The Balaban J connectivity index is 1.68. The highest BCUT2D eigenvalue weighted by Gasteiger charge is 2.20. The van der Waals surface area contributed by atoms with Crippen molar-refractivity contribution in [2.75, 3.05) is 17.2 Å². The molecule has 0 aliphatic carbocycles. The highest BCUT2D eigenvalue weighted by atomic mass is 32.2. The summed E-state index contributed by atoms with van der Waals surface area (Å²) in [7, 11) is 0. The molecule has 1 amide bonds. The molecule has 6 heteroatoms. The fourth-order valence-corrected chi connectivity index (χ4v) is 4.59. The van der Waals surface area contributed by atoms with Crippen LogP contribution in [0.2, 0.25) is 0 Å². The van der Waals surface area contributed by atoms with Gasteiger partial charge >= 0.3 is 0 Å². The number of thiazole rings is 1. The van der Waals surface area contributed by atoms with Crippen LogP contribution in [-0.2, 0) is 4.79 Å². The fourth-order valence-electron chi connectivity index (χ4n) is 2.59. The van der Waals surface area contributed by atoms with Crippen LogP contribution in [0.4, 0.5) is 5.00 Å². The van der Waals surface area contributed by atoms with Crippen LogP contribution in [0, 0.1) is 6.92 Å². The summed E-state index contributed by atoms with van der Waals surface area (Å²) < 4.78 is 0. The normalized spacial score (nSPS) is 10.7. The number of hydrogen-bond donors (Lipinski definition) is 0. The molecule has 3 aromatic rings. The number of benzene rings is 1. The molecule has 0 bridgehead atoms. The van der Waals surface area contributed by atoms with Gasteiger partial charge in [0.25, 0.3) is 0 Å². The van der Waals surface area contributed by atoms with Crippen molar-refractivity contribution in [2.24, 2.45) is 0 Å². The molecule has 1 aromatic carbocycles. The van der Waals surface area contributed by atoms with Crippen molar-refractivity contribution in [1.29, 1.82) is 0 Å². The largest absolute Gasteiger partial charge is 0.303 e. The Hall–Kier alpha value is -2.18. The average molecular weight is 384 g/mol. The van der Waals surface area contributed by atoms with Gasteiger partial charge in [-0.05, 0) is 38.1 Å². The van der Waals surface area contributed by atoms with Crippen molar-refractivity contribution in [3.63, 3.8) is 0 Å². The highest BCUT2D eigenvalue weighted by molar-refractivity contribution is 7.99. The number of nitrogens with zero attached hydrogens (tertiary/aromatic N) is 3. The lowest BCUT2D eigenvalue weighted by atomic mass is 10.3. The maximum absolute atomic E-state index is 12.7. The van der Waals surface area contributed by atoms with Gasteiger partial charge < -0.3 is 4.90 Å². The lowest BCUT2D eigenvalue weighted by molar-refractivity contribution is -0.118. The molecule has 0 saturated heterocycles. The van der Waals surface area contributed by atoms with E-state index in [0.717, 1.165) is 27.0 Å². The zero-order valence-corrected chi connectivity index (χ0v) is 16.5. The van der Waals surface area contributed by atoms with Gasteiger partial charge in [0.2, 0.25) is 5.91 Å². The number of aryl methyl sites for hydroxylation is 1. The van der Waals surface area contributed by atoms with Crippen molar-refractivity contribution >= 4 is 34.0 Å². The topological polar surface area (TPSA) is 46.1 Å². The number of anilines is 1. The van der Waals surface area contributed by atoms with E-state index in [1.807, 2.05) is 49.1 Å². The molecule has 0 aliphatic heterocycles. The van der Waals surface area contributed by atoms with E-state index < -0.39 is 0 Å². The third-order valence-electron chi connectivity index (χ3n) is 3.87. The molecule has 0 atom stereocenters. The molecule has 3 rings (SSSR count). The van der Waals surface area contributed by atoms with E-state index in [4.69, 9.17) is 0 Å². The van der Waals surface area contributed by atoms with E-state index in [0.29, 0.717) is 13.0 Å². The van der Waals surface area contributed by atoms with Crippen LogP contribution in [0.5, 0.6) is 0 Å². The summed E-state index contributed by atoms with van der Waals surface area (Å²) in [6.45, 7) is 4.61. The Labute approximate surface area is 162 Å². The first kappa shape index (κ1) is 18.6. The first-order valence-corrected chi connectivity index (χ1v) is 10.3. The number of thioether (sulfide) groups is 1. The minimum atomic E-state index is 0.139. The third-order valence-corrected chi connectivity index (χ3v) is 6.11. The van der Waals surface area contributed by atoms with Crippen molar-refractivity contribution in [3.8, 4) is 10.6 Å². The molecule has 134 valence electrons. The molecule has 0 fully saturated rings. The maximum Gasteiger partial charge on any atom is 0.228 e. The Kier molecular flexibility index (Phi) is 6.41. The Morgan fingerprint density at radius 1 is 1.19 bits per heavy atom. The van der Waals surface area contributed by atoms with E-state index in [1.165, 1.54) is 4.90 Å². The predicted octanol–water partition coefficient (Wildman–Crippen LogP) is 5.05. The molecule has 2 aromatic heterocycles. The molecule has 26 heavy (non-hydrogen) atoms. The first-order chi connectivity index (χ1) is 12.7. The van der Waals surface area contributed by atoms with Gasteiger partial charge in [0.15, 0.2) is 0 Å². The van der Waals surface area contributed by atoms with E-state index in [9.17, 15) is 4.79 Å². The molecule has 2 heterocycles. The molecule has 4 nitrogen and oxygen atoms in total. The minimum Gasteiger partial charge on any atom is -0.303 e. The van der Waals surface area contributed by atoms with E-state index in [2.05, 4.69) is 22.1 Å². The predicted molar refractivity (Wildman–Crippen MR) is 110 cm³/mol. The number of hydrogen-bond acceptors (Lipinski definition) is 5. The number of aromatic nitrogens is 2. The summed E-state index contributed by atoms with van der Waals surface area (Å²) in [6, 6.07) is 14.1. The molecule has 0 unspecified atom stereocenters. The summed E-state index contributed by atoms with van der Waals surface area (Å²) >= 11 is 3.26. The number of carbonyl (C=O) groups excluding carboxylic acids is 1. The van der Waals surface area contributed by atoms with Crippen LogP contribution in [-0.4, -0.2) is 28.2 Å². The standard InChI is InChI=1S/C20H21N3OS2/c1-3-23(18(24)11-13-25-17-9-5-4-6-10-17)20-15(2)22-19(26-20)16-8-7-12-21-14-16/h4-10,12,14H,3,11,13H2,1-2H3. The van der Waals surface area contributed by atoms with E-state index in [1.54, 1.807) is 35.5 Å². The first-order valence-electron chi connectivity index (χ1n) is 8.55. The monoisotopic (exact) mass is 383 g/mol. The summed E-state index contributed by atoms with van der Waals surface area (Å²) in [6.07, 6.45) is 4.06. The van der Waals surface area contributed by atoms with Crippen LogP contribution >= 0.6 is 23.1 Å². The summed E-state index contributed by atoms with van der Waals surface area (Å²) in [5, 5.41) is 1.83. The number of amides is 1. The van der Waals surface area contributed by atoms with Gasteiger partial charge in [0.05, 0.1) is 5.69 Å². The van der Waals surface area contributed by atoms with Gasteiger partial charge in [-0.2, -0.15) is 0 Å². The van der Waals surface area contributed by atoms with Crippen LogP contribution < -0.4 is 4.90 Å². The molecular weight excluding hydrogens is 362 g/mol. The molecular formula is C20H21N3OS2. The molecule has 0 radical (unpaired) electrons. The second-order valence-corrected chi connectivity index (χ2v) is 7.85. The van der Waals surface area contributed by atoms with Gasteiger partial charge in [-0.3, -0.25) is 9.78 Å². The second kappa shape index (κ2) is 8.96. The smallest absolute Gasteiger partial charge is 0.228 e. The van der Waals surface area contributed by atoms with Crippen molar-refractivity contribution in [2.45, 2.75) is 25.2 Å². The van der Waals surface area contributed by atoms with Crippen LogP contribution in [0.25, 0.3) is 10.6 Å². The number of pyridine rings is 1. The Morgan fingerprint density at radius 2 is 2.00 bits per heavy atom. The maximum atomic E-state index is 12.7. The molecule has 0 N–H and O–H groups in total. The minimum absolute atomic E-state index is 0.139. The Bertz CT molecular complexity index is 850. The summed E-state index contributed by atoms with van der Waals surface area (Å²) in [5.74, 6) is 0.910. The van der Waals surface area contributed by atoms with E-state index >= 15 is 0 Å². The summed E-state index contributed by atoms with van der Waals surface area (Å²) in [5.41, 5.74) is 1.87. The molecule has 0 saturated carbocycles. The Morgan fingerprint density at radius 3 is 2.69 bits per heavy atom. The number of rotatable bonds is 7. The van der Waals surface area contributed by atoms with Crippen LogP contribution in [0.1, 0.15) is 19.0 Å². The fraction of sp³-hybridized carbons (Fsp3) is 0.250. The number of carbonyl (C=O) groups is 1. The van der Waals surface area contributed by atoms with Crippen LogP contribution in [0.15, 0.2) is 59.8 Å². The summed E-state index contributed by atoms with van der Waals surface area (Å²) in [4.78, 5) is 24.6. The van der Waals surface area contributed by atoms with Crippen molar-refractivity contribution < 1.29 is 4.79 Å². The SMILES string of the molecule is CCN(C(=O)CCSc1ccccc1)c1sc(-c2cccnc2)nc1C. The van der Waals surface area contributed by atoms with Gasteiger partial charge in [-0.15, -0.1) is 11.8 Å². The zero-order chi connectivity index (χ0) is 18.4. The zero-order valence-electron chi connectivity index (χ0n) is 14.9. The lowest BCUT2D eigenvalue weighted by Gasteiger charge is -2.19. The average Bonchev–Trinajstić information content (AvgIpc) is 3.06. The van der Waals surface area contributed by atoms with Gasteiger partial charge in [-0.25, -0.2) is 4.98 Å². The van der Waals surface area contributed by atoms with Crippen molar-refractivity contribution in [3.05, 3.63) is 60.6 Å². The van der Waals surface area contributed by atoms with E-state index in [-0.39, 0.29) is 5.91 Å². The van der Waals surface area contributed by atoms with Gasteiger partial charge in [-0.1, -0.05) is 29.5 Å². The highest BCUT2D eigenvalue weighted by Crippen LogP contribution is 2.34. The van der Waals surface area contributed by atoms with Gasteiger partial charge in [0.1, 0.15) is 10.0 Å². The molecule has 0 spiro atoms. The van der Waals surface area contributed by atoms with Crippen LogP contribution in [0.3, 0.4) is 0 Å². The quantitative estimate of drug-likeness (QED) is 0.536. The third kappa shape index (κ3) is 4.51. The molecule has 0 aliphatic rings. The second-order valence-electron chi connectivity index (χ2n) is 5.70. The lowest BCUT2D eigenvalue weighted by Crippen LogP contribution is -2.30.